The van der Waals surface area contributed by atoms with Crippen molar-refractivity contribution < 1.29 is 4.79 Å². The SMILES string of the molecule is NC(=O)[C@H]1C[C@H](c2ccc(Cl)cc2)C1. The van der Waals surface area contributed by atoms with Gasteiger partial charge in [-0.2, -0.15) is 0 Å². The lowest BCUT2D eigenvalue weighted by molar-refractivity contribution is -0.124. The molecular formula is C11H12ClNO. The van der Waals surface area contributed by atoms with Gasteiger partial charge in [-0.15, -0.1) is 0 Å². The van der Waals surface area contributed by atoms with Crippen LogP contribution in [-0.4, -0.2) is 5.91 Å². The molecule has 0 spiro atoms. The van der Waals surface area contributed by atoms with Gasteiger partial charge in [-0.25, -0.2) is 0 Å². The molecule has 0 saturated heterocycles. The number of carbonyl (C=O) groups excluding carboxylic acids is 1. The molecule has 1 aliphatic rings. The first-order valence-electron chi connectivity index (χ1n) is 4.71. The maximum Gasteiger partial charge on any atom is 0.220 e. The number of rotatable bonds is 2. The van der Waals surface area contributed by atoms with E-state index in [-0.39, 0.29) is 11.8 Å². The van der Waals surface area contributed by atoms with Gasteiger partial charge in [-0.05, 0) is 36.5 Å². The highest BCUT2D eigenvalue weighted by Crippen LogP contribution is 2.41. The lowest BCUT2D eigenvalue weighted by Crippen LogP contribution is -2.33. The van der Waals surface area contributed by atoms with Crippen LogP contribution in [0.25, 0.3) is 0 Å². The summed E-state index contributed by atoms with van der Waals surface area (Å²) in [7, 11) is 0. The van der Waals surface area contributed by atoms with Crippen LogP contribution in [0, 0.1) is 5.92 Å². The molecule has 74 valence electrons. The first kappa shape index (κ1) is 9.53. The normalized spacial score (nSPS) is 25.5. The maximum absolute atomic E-state index is 10.8. The highest BCUT2D eigenvalue weighted by Gasteiger charge is 2.33. The van der Waals surface area contributed by atoms with Gasteiger partial charge in [-0.3, -0.25) is 4.79 Å². The summed E-state index contributed by atoms with van der Waals surface area (Å²) < 4.78 is 0. The summed E-state index contributed by atoms with van der Waals surface area (Å²) in [6, 6.07) is 7.80. The van der Waals surface area contributed by atoms with Crippen LogP contribution in [-0.2, 0) is 4.79 Å². The Labute approximate surface area is 88.1 Å². The number of hydrogen-bond acceptors (Lipinski definition) is 1. The predicted octanol–water partition coefficient (Wildman–Crippen LogP) is 2.32. The summed E-state index contributed by atoms with van der Waals surface area (Å²) in [5, 5.41) is 0.750. The molecule has 0 radical (unpaired) electrons. The van der Waals surface area contributed by atoms with Crippen molar-refractivity contribution in [1.82, 2.24) is 0 Å². The number of nitrogens with two attached hydrogens (primary N) is 1. The zero-order valence-corrected chi connectivity index (χ0v) is 8.50. The Morgan fingerprint density at radius 1 is 1.29 bits per heavy atom. The lowest BCUT2D eigenvalue weighted by Gasteiger charge is -2.33. The Morgan fingerprint density at radius 2 is 1.86 bits per heavy atom. The highest BCUT2D eigenvalue weighted by atomic mass is 35.5. The minimum atomic E-state index is -0.171. The van der Waals surface area contributed by atoms with Gasteiger partial charge in [0.1, 0.15) is 0 Å². The van der Waals surface area contributed by atoms with Gasteiger partial charge in [0, 0.05) is 10.9 Å². The second-order valence-electron chi connectivity index (χ2n) is 3.82. The minimum Gasteiger partial charge on any atom is -0.369 e. The average Bonchev–Trinajstić information content (AvgIpc) is 2.05. The number of hydrogen-bond donors (Lipinski definition) is 1. The summed E-state index contributed by atoms with van der Waals surface area (Å²) in [6.07, 6.45) is 1.77. The van der Waals surface area contributed by atoms with Gasteiger partial charge >= 0.3 is 0 Å². The third-order valence-corrected chi connectivity index (χ3v) is 3.13. The molecule has 1 fully saturated rings. The van der Waals surface area contributed by atoms with Crippen molar-refractivity contribution >= 4 is 17.5 Å². The standard InChI is InChI=1S/C11H12ClNO/c12-10-3-1-7(2-4-10)8-5-9(6-8)11(13)14/h1-4,8-9H,5-6H2,(H2,13,14)/t8-,9-. The molecule has 1 saturated carbocycles. The van der Waals surface area contributed by atoms with Crippen LogP contribution in [0.1, 0.15) is 24.3 Å². The molecule has 2 rings (SSSR count). The van der Waals surface area contributed by atoms with Gasteiger partial charge in [0.15, 0.2) is 0 Å². The predicted molar refractivity (Wildman–Crippen MR) is 56.1 cm³/mol. The van der Waals surface area contributed by atoms with E-state index in [1.165, 1.54) is 5.56 Å². The van der Waals surface area contributed by atoms with E-state index in [1.807, 2.05) is 24.3 Å². The first-order chi connectivity index (χ1) is 6.66. The fraction of sp³-hybridized carbons (Fsp3) is 0.364. The Kier molecular flexibility index (Phi) is 2.46. The number of primary amides is 1. The van der Waals surface area contributed by atoms with Crippen molar-refractivity contribution in [2.24, 2.45) is 11.7 Å². The number of benzene rings is 1. The lowest BCUT2D eigenvalue weighted by atomic mass is 9.71. The van der Waals surface area contributed by atoms with E-state index in [0.29, 0.717) is 5.92 Å². The third-order valence-electron chi connectivity index (χ3n) is 2.88. The number of carbonyl (C=O) groups is 1. The molecule has 0 unspecified atom stereocenters. The Morgan fingerprint density at radius 3 is 2.36 bits per heavy atom. The monoisotopic (exact) mass is 209 g/mol. The molecule has 1 aromatic rings. The second kappa shape index (κ2) is 3.62. The first-order valence-corrected chi connectivity index (χ1v) is 5.09. The average molecular weight is 210 g/mol. The van der Waals surface area contributed by atoms with Crippen LogP contribution >= 0.6 is 11.6 Å². The summed E-state index contributed by atoms with van der Waals surface area (Å²) in [5.41, 5.74) is 6.46. The van der Waals surface area contributed by atoms with E-state index in [2.05, 4.69) is 0 Å². The van der Waals surface area contributed by atoms with Crippen LogP contribution in [0.2, 0.25) is 5.02 Å². The van der Waals surface area contributed by atoms with Crippen LogP contribution in [0.3, 0.4) is 0 Å². The third kappa shape index (κ3) is 1.75. The molecule has 1 aromatic carbocycles. The zero-order chi connectivity index (χ0) is 10.1. The molecule has 0 bridgehead atoms. The van der Waals surface area contributed by atoms with E-state index in [4.69, 9.17) is 17.3 Å². The van der Waals surface area contributed by atoms with E-state index in [1.54, 1.807) is 0 Å². The van der Waals surface area contributed by atoms with Gasteiger partial charge in [0.25, 0.3) is 0 Å². The van der Waals surface area contributed by atoms with Crippen molar-refractivity contribution in [2.75, 3.05) is 0 Å². The molecule has 3 heteroatoms. The van der Waals surface area contributed by atoms with E-state index in [9.17, 15) is 4.79 Å². The number of halogens is 1. The van der Waals surface area contributed by atoms with Crippen LogP contribution in [0.5, 0.6) is 0 Å². The van der Waals surface area contributed by atoms with Crippen LogP contribution < -0.4 is 5.73 Å². The van der Waals surface area contributed by atoms with Crippen LogP contribution in [0.15, 0.2) is 24.3 Å². The van der Waals surface area contributed by atoms with Crippen molar-refractivity contribution in [3.05, 3.63) is 34.9 Å². The minimum absolute atomic E-state index is 0.0793. The zero-order valence-electron chi connectivity index (χ0n) is 7.74. The molecule has 0 aliphatic heterocycles. The molecule has 0 aromatic heterocycles. The fourth-order valence-corrected chi connectivity index (χ4v) is 1.98. The van der Waals surface area contributed by atoms with Crippen molar-refractivity contribution in [3.8, 4) is 0 Å². The van der Waals surface area contributed by atoms with Crippen molar-refractivity contribution in [3.63, 3.8) is 0 Å². The molecule has 2 N–H and O–H groups in total. The van der Waals surface area contributed by atoms with Crippen LogP contribution in [0.4, 0.5) is 0 Å². The molecule has 2 nitrogen and oxygen atoms in total. The molecule has 1 amide bonds. The largest absolute Gasteiger partial charge is 0.369 e. The number of amides is 1. The summed E-state index contributed by atoms with van der Waals surface area (Å²) >= 11 is 5.78. The Balaban J connectivity index is 2.00. The summed E-state index contributed by atoms with van der Waals surface area (Å²) in [6.45, 7) is 0. The molecule has 0 atom stereocenters. The second-order valence-corrected chi connectivity index (χ2v) is 4.26. The summed E-state index contributed by atoms with van der Waals surface area (Å²) in [4.78, 5) is 10.8. The van der Waals surface area contributed by atoms with Crippen molar-refractivity contribution in [2.45, 2.75) is 18.8 Å². The molecule has 1 aliphatic carbocycles. The fourth-order valence-electron chi connectivity index (χ4n) is 1.86. The van der Waals surface area contributed by atoms with E-state index in [0.717, 1.165) is 17.9 Å². The Hall–Kier alpha value is -1.02. The van der Waals surface area contributed by atoms with E-state index < -0.39 is 0 Å². The molecular weight excluding hydrogens is 198 g/mol. The summed E-state index contributed by atoms with van der Waals surface area (Å²) in [5.74, 6) is 0.399. The van der Waals surface area contributed by atoms with Gasteiger partial charge in [0.2, 0.25) is 5.91 Å². The molecule has 0 heterocycles. The molecule has 14 heavy (non-hydrogen) atoms. The topological polar surface area (TPSA) is 43.1 Å². The van der Waals surface area contributed by atoms with Gasteiger partial charge in [-0.1, -0.05) is 23.7 Å². The van der Waals surface area contributed by atoms with Crippen molar-refractivity contribution in [1.29, 1.82) is 0 Å². The quantitative estimate of drug-likeness (QED) is 0.798. The maximum atomic E-state index is 10.8. The smallest absolute Gasteiger partial charge is 0.220 e. The van der Waals surface area contributed by atoms with Gasteiger partial charge < -0.3 is 5.73 Å². The highest BCUT2D eigenvalue weighted by molar-refractivity contribution is 6.30. The van der Waals surface area contributed by atoms with Gasteiger partial charge in [0.05, 0.1) is 0 Å². The Bertz CT molecular complexity index is 341. The van der Waals surface area contributed by atoms with E-state index >= 15 is 0 Å².